The van der Waals surface area contributed by atoms with Gasteiger partial charge in [-0.15, -0.1) is 0 Å². The summed E-state index contributed by atoms with van der Waals surface area (Å²) in [6.07, 6.45) is 0. The van der Waals surface area contributed by atoms with Crippen molar-refractivity contribution < 1.29 is 22.7 Å². The number of nitrogens with zero attached hydrogens (tertiary/aromatic N) is 1. The van der Waals surface area contributed by atoms with Gasteiger partial charge in [-0.1, -0.05) is 24.3 Å². The van der Waals surface area contributed by atoms with Crippen molar-refractivity contribution in [1.29, 1.82) is 0 Å². The molecule has 0 aliphatic carbocycles. The molecule has 140 valence electrons. The molecule has 0 radical (unpaired) electrons. The third-order valence-corrected chi connectivity index (χ3v) is 5.01. The van der Waals surface area contributed by atoms with E-state index in [1.807, 2.05) is 0 Å². The molecule has 0 bridgehead atoms. The monoisotopic (exact) mass is 378 g/mol. The Morgan fingerprint density at radius 2 is 1.77 bits per heavy atom. The summed E-state index contributed by atoms with van der Waals surface area (Å²) in [5, 5.41) is 0. The first-order chi connectivity index (χ1) is 12.3. The molecule has 0 aliphatic heterocycles. The van der Waals surface area contributed by atoms with E-state index in [0.717, 1.165) is 0 Å². The maximum Gasteiger partial charge on any atom is 0.259 e. The van der Waals surface area contributed by atoms with E-state index >= 15 is 0 Å². The first-order valence-corrected chi connectivity index (χ1v) is 9.36. The smallest absolute Gasteiger partial charge is 0.259 e. The van der Waals surface area contributed by atoms with Gasteiger partial charge in [0.25, 0.3) is 5.91 Å². The van der Waals surface area contributed by atoms with Gasteiger partial charge in [-0.2, -0.15) is 0 Å². The standard InChI is InChI=1S/C18H22N2O5S/c1-20(2)18(21)13-25-16-10-9-14(11-17(16)24-3)12-19-26(22,23)15-7-5-4-6-8-15/h4-11,19H,12-13H2,1-3H3. The van der Waals surface area contributed by atoms with Crippen LogP contribution in [0.2, 0.25) is 0 Å². The number of amides is 1. The molecule has 0 fully saturated rings. The SMILES string of the molecule is COc1cc(CNS(=O)(=O)c2ccccc2)ccc1OCC(=O)N(C)C. The molecule has 2 rings (SSSR count). The van der Waals surface area contributed by atoms with Crippen LogP contribution in [0.25, 0.3) is 0 Å². The molecule has 7 nitrogen and oxygen atoms in total. The Balaban J connectivity index is 2.06. The normalized spacial score (nSPS) is 11.0. The molecule has 1 amide bonds. The predicted molar refractivity (Wildman–Crippen MR) is 97.7 cm³/mol. The number of likely N-dealkylation sites (N-methyl/N-ethyl adjacent to an activating group) is 1. The molecule has 2 aromatic rings. The van der Waals surface area contributed by atoms with Gasteiger partial charge in [-0.05, 0) is 29.8 Å². The van der Waals surface area contributed by atoms with Gasteiger partial charge in [0.15, 0.2) is 18.1 Å². The highest BCUT2D eigenvalue weighted by molar-refractivity contribution is 7.89. The number of benzene rings is 2. The van der Waals surface area contributed by atoms with Crippen molar-refractivity contribution in [2.75, 3.05) is 27.8 Å². The van der Waals surface area contributed by atoms with Crippen molar-refractivity contribution in [3.05, 3.63) is 54.1 Å². The molecule has 8 heteroatoms. The number of carbonyl (C=O) groups excluding carboxylic acids is 1. The number of carbonyl (C=O) groups is 1. The van der Waals surface area contributed by atoms with Gasteiger partial charge in [0.05, 0.1) is 12.0 Å². The lowest BCUT2D eigenvalue weighted by molar-refractivity contribution is -0.130. The number of methoxy groups -OCH3 is 1. The third-order valence-electron chi connectivity index (χ3n) is 3.60. The molecule has 0 spiro atoms. The van der Waals surface area contributed by atoms with Crippen LogP contribution in [0.1, 0.15) is 5.56 Å². The molecular weight excluding hydrogens is 356 g/mol. The summed E-state index contributed by atoms with van der Waals surface area (Å²) < 4.78 is 37.8. The van der Waals surface area contributed by atoms with Crippen LogP contribution in [-0.4, -0.2) is 47.0 Å². The molecule has 1 N–H and O–H groups in total. The van der Waals surface area contributed by atoms with Gasteiger partial charge >= 0.3 is 0 Å². The fourth-order valence-electron chi connectivity index (χ4n) is 2.07. The van der Waals surface area contributed by atoms with Crippen LogP contribution in [0.4, 0.5) is 0 Å². The summed E-state index contributed by atoms with van der Waals surface area (Å²) in [5.74, 6) is 0.664. The van der Waals surface area contributed by atoms with E-state index in [1.165, 1.54) is 24.1 Å². The van der Waals surface area contributed by atoms with Gasteiger partial charge in [-0.25, -0.2) is 13.1 Å². The van der Waals surface area contributed by atoms with E-state index in [2.05, 4.69) is 4.72 Å². The van der Waals surface area contributed by atoms with Gasteiger partial charge in [0, 0.05) is 20.6 Å². The lowest BCUT2D eigenvalue weighted by Gasteiger charge is -2.14. The summed E-state index contributed by atoms with van der Waals surface area (Å²) in [6, 6.07) is 13.2. The number of hydrogen-bond donors (Lipinski definition) is 1. The highest BCUT2D eigenvalue weighted by Gasteiger charge is 2.14. The third kappa shape index (κ3) is 5.21. The summed E-state index contributed by atoms with van der Waals surface area (Å²) in [4.78, 5) is 13.2. The molecule has 0 saturated carbocycles. The molecule has 0 saturated heterocycles. The summed E-state index contributed by atoms with van der Waals surface area (Å²) in [7, 11) is 1.18. The van der Waals surface area contributed by atoms with Crippen LogP contribution in [0.15, 0.2) is 53.4 Å². The minimum Gasteiger partial charge on any atom is -0.493 e. The molecule has 26 heavy (non-hydrogen) atoms. The molecule has 0 heterocycles. The summed E-state index contributed by atoms with van der Waals surface area (Å²) in [5.41, 5.74) is 0.702. The Hall–Kier alpha value is -2.58. The van der Waals surface area contributed by atoms with E-state index < -0.39 is 10.0 Å². The molecule has 0 aromatic heterocycles. The van der Waals surface area contributed by atoms with Crippen LogP contribution in [0.5, 0.6) is 11.5 Å². The maximum absolute atomic E-state index is 12.3. The summed E-state index contributed by atoms with van der Waals surface area (Å²) >= 11 is 0. The first kappa shape index (κ1) is 19.7. The van der Waals surface area contributed by atoms with Crippen LogP contribution in [-0.2, 0) is 21.4 Å². The fraction of sp³-hybridized carbons (Fsp3) is 0.278. The maximum atomic E-state index is 12.3. The van der Waals surface area contributed by atoms with Crippen molar-refractivity contribution in [3.8, 4) is 11.5 Å². The zero-order chi connectivity index (χ0) is 19.2. The predicted octanol–water partition coefficient (Wildman–Crippen LogP) is 1.64. The number of nitrogens with one attached hydrogen (secondary N) is 1. The topological polar surface area (TPSA) is 84.9 Å². The largest absolute Gasteiger partial charge is 0.493 e. The zero-order valence-electron chi connectivity index (χ0n) is 14.9. The lowest BCUT2D eigenvalue weighted by Crippen LogP contribution is -2.27. The Morgan fingerprint density at radius 3 is 2.38 bits per heavy atom. The number of sulfonamides is 1. The minimum atomic E-state index is -3.59. The van der Waals surface area contributed by atoms with Crippen molar-refractivity contribution in [2.45, 2.75) is 11.4 Å². The van der Waals surface area contributed by atoms with Crippen molar-refractivity contribution in [2.24, 2.45) is 0 Å². The van der Waals surface area contributed by atoms with E-state index in [0.29, 0.717) is 17.1 Å². The molecule has 0 unspecified atom stereocenters. The van der Waals surface area contributed by atoms with Crippen molar-refractivity contribution in [1.82, 2.24) is 9.62 Å². The van der Waals surface area contributed by atoms with Crippen LogP contribution in [0, 0.1) is 0 Å². The number of rotatable bonds is 8. The molecule has 0 atom stereocenters. The van der Waals surface area contributed by atoms with Gasteiger partial charge in [0.2, 0.25) is 10.0 Å². The van der Waals surface area contributed by atoms with E-state index in [4.69, 9.17) is 9.47 Å². The Kier molecular flexibility index (Phi) is 6.59. The van der Waals surface area contributed by atoms with Crippen molar-refractivity contribution >= 4 is 15.9 Å². The molecular formula is C18H22N2O5S. The van der Waals surface area contributed by atoms with Crippen LogP contribution < -0.4 is 14.2 Å². The lowest BCUT2D eigenvalue weighted by atomic mass is 10.2. The van der Waals surface area contributed by atoms with Crippen LogP contribution >= 0.6 is 0 Å². The van der Waals surface area contributed by atoms with E-state index in [-0.39, 0.29) is 24.0 Å². The molecule has 2 aromatic carbocycles. The highest BCUT2D eigenvalue weighted by Crippen LogP contribution is 2.28. The highest BCUT2D eigenvalue weighted by atomic mass is 32.2. The second-order valence-corrected chi connectivity index (χ2v) is 7.47. The Labute approximate surface area is 153 Å². The zero-order valence-corrected chi connectivity index (χ0v) is 15.7. The minimum absolute atomic E-state index is 0.102. The number of hydrogen-bond acceptors (Lipinski definition) is 5. The average molecular weight is 378 g/mol. The second kappa shape index (κ2) is 8.68. The fourth-order valence-corrected chi connectivity index (χ4v) is 3.11. The summed E-state index contributed by atoms with van der Waals surface area (Å²) in [6.45, 7) is -0.00611. The molecule has 0 aliphatic rings. The van der Waals surface area contributed by atoms with Crippen molar-refractivity contribution in [3.63, 3.8) is 0 Å². The average Bonchev–Trinajstić information content (AvgIpc) is 2.65. The number of ether oxygens (including phenoxy) is 2. The van der Waals surface area contributed by atoms with E-state index in [1.54, 1.807) is 50.5 Å². The van der Waals surface area contributed by atoms with Crippen LogP contribution in [0.3, 0.4) is 0 Å². The Morgan fingerprint density at radius 1 is 1.08 bits per heavy atom. The van der Waals surface area contributed by atoms with E-state index in [9.17, 15) is 13.2 Å². The quantitative estimate of drug-likeness (QED) is 0.755. The Bertz CT molecular complexity index is 851. The van der Waals surface area contributed by atoms with Gasteiger partial charge < -0.3 is 14.4 Å². The van der Waals surface area contributed by atoms with Gasteiger partial charge in [0.1, 0.15) is 0 Å². The van der Waals surface area contributed by atoms with Gasteiger partial charge in [-0.3, -0.25) is 4.79 Å². The first-order valence-electron chi connectivity index (χ1n) is 7.88. The second-order valence-electron chi connectivity index (χ2n) is 5.70.